The Morgan fingerprint density at radius 3 is 2.83 bits per heavy atom. The minimum absolute atomic E-state index is 0.600. The van der Waals surface area contributed by atoms with E-state index in [9.17, 15) is 0 Å². The summed E-state index contributed by atoms with van der Waals surface area (Å²) in [5, 5.41) is 3.61. The lowest BCUT2D eigenvalue weighted by atomic mass is 9.84. The molecule has 1 aliphatic rings. The number of hydrogen-bond acceptors (Lipinski definition) is 3. The van der Waals surface area contributed by atoms with E-state index in [1.165, 1.54) is 32.1 Å². The van der Waals surface area contributed by atoms with Gasteiger partial charge >= 0.3 is 0 Å². The van der Waals surface area contributed by atoms with Gasteiger partial charge in [-0.2, -0.15) is 0 Å². The van der Waals surface area contributed by atoms with Crippen LogP contribution >= 0.6 is 0 Å². The van der Waals surface area contributed by atoms with Crippen LogP contribution in [0.15, 0.2) is 6.07 Å². The molecule has 2 atom stereocenters. The topological polar surface area (TPSA) is 37.8 Å². The molecular weight excluding hydrogens is 222 g/mol. The first kappa shape index (κ1) is 13.3. The highest BCUT2D eigenvalue weighted by atomic mass is 15.0. The molecule has 1 fully saturated rings. The van der Waals surface area contributed by atoms with Gasteiger partial charge in [-0.25, -0.2) is 9.97 Å². The summed E-state index contributed by atoms with van der Waals surface area (Å²) >= 11 is 0. The van der Waals surface area contributed by atoms with Crippen LogP contribution in [0.1, 0.15) is 57.5 Å². The molecule has 1 aliphatic carbocycles. The lowest BCUT2D eigenvalue weighted by Gasteiger charge is -2.29. The second-order valence-electron chi connectivity index (χ2n) is 5.43. The zero-order chi connectivity index (χ0) is 13.0. The van der Waals surface area contributed by atoms with Crippen LogP contribution in [0.25, 0.3) is 0 Å². The van der Waals surface area contributed by atoms with E-state index in [1.54, 1.807) is 0 Å². The SMILES string of the molecule is CCc1cc(NC2CCCC(CC)C2)nc(C)n1. The van der Waals surface area contributed by atoms with Gasteiger partial charge in [-0.15, -0.1) is 0 Å². The fraction of sp³-hybridized carbons (Fsp3) is 0.733. The summed E-state index contributed by atoms with van der Waals surface area (Å²) in [6.45, 7) is 6.41. The van der Waals surface area contributed by atoms with Gasteiger partial charge in [0.2, 0.25) is 0 Å². The smallest absolute Gasteiger partial charge is 0.130 e. The zero-order valence-corrected chi connectivity index (χ0v) is 11.9. The molecule has 1 heterocycles. The van der Waals surface area contributed by atoms with Crippen molar-refractivity contribution in [2.24, 2.45) is 5.92 Å². The van der Waals surface area contributed by atoms with E-state index in [-0.39, 0.29) is 0 Å². The summed E-state index contributed by atoms with van der Waals surface area (Å²) in [4.78, 5) is 8.93. The maximum Gasteiger partial charge on any atom is 0.130 e. The molecule has 0 spiro atoms. The van der Waals surface area contributed by atoms with E-state index >= 15 is 0 Å². The van der Waals surface area contributed by atoms with Gasteiger partial charge in [0, 0.05) is 17.8 Å². The Kier molecular flexibility index (Phi) is 4.56. The minimum Gasteiger partial charge on any atom is -0.367 e. The van der Waals surface area contributed by atoms with E-state index in [2.05, 4.69) is 35.2 Å². The molecule has 100 valence electrons. The third-order valence-electron chi connectivity index (χ3n) is 3.97. The Morgan fingerprint density at radius 2 is 2.11 bits per heavy atom. The van der Waals surface area contributed by atoms with Crippen molar-refractivity contribution in [3.8, 4) is 0 Å². The molecule has 0 aliphatic heterocycles. The van der Waals surface area contributed by atoms with Crippen molar-refractivity contribution in [3.05, 3.63) is 17.6 Å². The molecule has 0 bridgehead atoms. The van der Waals surface area contributed by atoms with Crippen LogP contribution in [-0.2, 0) is 6.42 Å². The molecule has 0 saturated heterocycles. The average molecular weight is 247 g/mol. The number of aromatic nitrogens is 2. The van der Waals surface area contributed by atoms with Gasteiger partial charge in [-0.3, -0.25) is 0 Å². The Hall–Kier alpha value is -1.12. The van der Waals surface area contributed by atoms with E-state index in [0.717, 1.165) is 29.7 Å². The van der Waals surface area contributed by atoms with Crippen molar-refractivity contribution in [1.29, 1.82) is 0 Å². The first-order chi connectivity index (χ1) is 8.71. The highest BCUT2D eigenvalue weighted by molar-refractivity contribution is 5.37. The van der Waals surface area contributed by atoms with Crippen molar-refractivity contribution in [2.45, 2.75) is 65.3 Å². The number of aryl methyl sites for hydroxylation is 2. The third-order valence-corrected chi connectivity index (χ3v) is 3.97. The third kappa shape index (κ3) is 3.44. The summed E-state index contributed by atoms with van der Waals surface area (Å²) in [5.41, 5.74) is 1.13. The summed E-state index contributed by atoms with van der Waals surface area (Å²) in [6.07, 6.45) is 7.60. The second kappa shape index (κ2) is 6.17. The van der Waals surface area contributed by atoms with Crippen LogP contribution in [0.2, 0.25) is 0 Å². The Morgan fingerprint density at radius 1 is 1.28 bits per heavy atom. The van der Waals surface area contributed by atoms with Crippen LogP contribution in [0.3, 0.4) is 0 Å². The van der Waals surface area contributed by atoms with E-state index in [4.69, 9.17) is 0 Å². The lowest BCUT2D eigenvalue weighted by Crippen LogP contribution is -2.27. The highest BCUT2D eigenvalue weighted by Gasteiger charge is 2.20. The highest BCUT2D eigenvalue weighted by Crippen LogP contribution is 2.28. The molecule has 1 aromatic rings. The Balaban J connectivity index is 2.02. The first-order valence-electron chi connectivity index (χ1n) is 7.32. The summed E-state index contributed by atoms with van der Waals surface area (Å²) < 4.78 is 0. The molecule has 0 amide bonds. The van der Waals surface area contributed by atoms with Crippen molar-refractivity contribution in [1.82, 2.24) is 9.97 Å². The summed E-state index contributed by atoms with van der Waals surface area (Å²) in [7, 11) is 0. The molecule has 1 saturated carbocycles. The van der Waals surface area contributed by atoms with Gasteiger partial charge in [-0.1, -0.05) is 33.1 Å². The van der Waals surface area contributed by atoms with Crippen LogP contribution in [0.5, 0.6) is 0 Å². The maximum atomic E-state index is 4.50. The molecule has 3 heteroatoms. The predicted molar refractivity (Wildman–Crippen MR) is 75.8 cm³/mol. The first-order valence-corrected chi connectivity index (χ1v) is 7.32. The molecule has 1 N–H and O–H groups in total. The van der Waals surface area contributed by atoms with Crippen LogP contribution in [0, 0.1) is 12.8 Å². The average Bonchev–Trinajstić information content (AvgIpc) is 2.38. The molecule has 0 radical (unpaired) electrons. The number of nitrogens with one attached hydrogen (secondary N) is 1. The number of hydrogen-bond donors (Lipinski definition) is 1. The largest absolute Gasteiger partial charge is 0.367 e. The molecule has 3 nitrogen and oxygen atoms in total. The van der Waals surface area contributed by atoms with Gasteiger partial charge < -0.3 is 5.32 Å². The number of nitrogens with zero attached hydrogens (tertiary/aromatic N) is 2. The zero-order valence-electron chi connectivity index (χ0n) is 11.9. The monoisotopic (exact) mass is 247 g/mol. The number of rotatable bonds is 4. The molecule has 2 unspecified atom stereocenters. The summed E-state index contributed by atoms with van der Waals surface area (Å²) in [6, 6.07) is 2.70. The molecule has 1 aromatic heterocycles. The van der Waals surface area contributed by atoms with Gasteiger partial charge in [0.25, 0.3) is 0 Å². The van der Waals surface area contributed by atoms with Gasteiger partial charge in [0.15, 0.2) is 0 Å². The van der Waals surface area contributed by atoms with Crippen LogP contribution < -0.4 is 5.32 Å². The van der Waals surface area contributed by atoms with Crippen molar-refractivity contribution >= 4 is 5.82 Å². The standard InChI is InChI=1S/C15H25N3/c1-4-12-7-6-8-14(9-12)18-15-10-13(5-2)16-11(3)17-15/h10,12,14H,4-9H2,1-3H3,(H,16,17,18). The normalized spacial score (nSPS) is 23.9. The van der Waals surface area contributed by atoms with Crippen molar-refractivity contribution < 1.29 is 0 Å². The number of anilines is 1. The molecule has 2 rings (SSSR count). The summed E-state index contributed by atoms with van der Waals surface area (Å²) in [5.74, 6) is 2.78. The molecule has 18 heavy (non-hydrogen) atoms. The van der Waals surface area contributed by atoms with Crippen molar-refractivity contribution in [2.75, 3.05) is 5.32 Å². The van der Waals surface area contributed by atoms with Crippen LogP contribution in [0.4, 0.5) is 5.82 Å². The quantitative estimate of drug-likeness (QED) is 0.881. The minimum atomic E-state index is 0.600. The van der Waals surface area contributed by atoms with E-state index < -0.39 is 0 Å². The van der Waals surface area contributed by atoms with Gasteiger partial charge in [0.1, 0.15) is 11.6 Å². The Labute approximate surface area is 110 Å². The molecule has 0 aromatic carbocycles. The predicted octanol–water partition coefficient (Wildman–Crippen LogP) is 3.73. The van der Waals surface area contributed by atoms with Gasteiger partial charge in [-0.05, 0) is 32.1 Å². The van der Waals surface area contributed by atoms with Gasteiger partial charge in [0.05, 0.1) is 0 Å². The van der Waals surface area contributed by atoms with Crippen molar-refractivity contribution in [3.63, 3.8) is 0 Å². The Bertz CT molecular complexity index is 389. The van der Waals surface area contributed by atoms with Crippen LogP contribution in [-0.4, -0.2) is 16.0 Å². The maximum absolute atomic E-state index is 4.50. The fourth-order valence-corrected chi connectivity index (χ4v) is 2.89. The van der Waals surface area contributed by atoms with E-state index in [1.807, 2.05) is 6.92 Å². The molecular formula is C15H25N3. The van der Waals surface area contributed by atoms with E-state index in [0.29, 0.717) is 6.04 Å². The second-order valence-corrected chi connectivity index (χ2v) is 5.43. The lowest BCUT2D eigenvalue weighted by molar-refractivity contribution is 0.327. The fourth-order valence-electron chi connectivity index (χ4n) is 2.89.